The molecule has 0 aliphatic carbocycles. The van der Waals surface area contributed by atoms with Crippen molar-refractivity contribution in [2.75, 3.05) is 31.2 Å². The first-order valence-corrected chi connectivity index (χ1v) is 4.95. The molecule has 0 amide bonds. The van der Waals surface area contributed by atoms with Gasteiger partial charge in [0, 0.05) is 25.7 Å². The van der Waals surface area contributed by atoms with Crippen molar-refractivity contribution in [2.24, 2.45) is 0 Å². The summed E-state index contributed by atoms with van der Waals surface area (Å²) in [7, 11) is 0. The Bertz CT molecular complexity index is 402. The van der Waals surface area contributed by atoms with E-state index in [2.05, 4.69) is 11.6 Å². The highest BCUT2D eigenvalue weighted by Gasteiger charge is 2.14. The van der Waals surface area contributed by atoms with E-state index >= 15 is 0 Å². The summed E-state index contributed by atoms with van der Waals surface area (Å²) in [6.45, 7) is 6.32. The molecule has 7 nitrogen and oxygen atoms in total. The Hall–Kier alpha value is -2.20. The minimum absolute atomic E-state index is 0.0268. The number of nitrogens with zero attached hydrogens (tertiary/aromatic N) is 4. The first-order chi connectivity index (χ1) is 8.27. The summed E-state index contributed by atoms with van der Waals surface area (Å²) in [5.41, 5.74) is 0.812. The number of hydrogen-bond donors (Lipinski definition) is 0. The molecule has 2 rings (SSSR count). The van der Waals surface area contributed by atoms with Gasteiger partial charge >= 0.3 is 0 Å². The van der Waals surface area contributed by atoms with Gasteiger partial charge in [0.1, 0.15) is 6.20 Å². The molecule has 7 heteroatoms. The van der Waals surface area contributed by atoms with Crippen molar-refractivity contribution in [1.82, 2.24) is 4.98 Å². The van der Waals surface area contributed by atoms with Gasteiger partial charge in [-0.3, -0.25) is 15.1 Å². The van der Waals surface area contributed by atoms with E-state index in [1.54, 1.807) is 12.3 Å². The lowest BCUT2D eigenvalue weighted by Crippen LogP contribution is -2.36. The van der Waals surface area contributed by atoms with E-state index in [1.807, 2.05) is 4.90 Å². The van der Waals surface area contributed by atoms with Crippen molar-refractivity contribution >= 4 is 11.4 Å². The molecular weight excluding hydrogens is 224 g/mol. The Kier molecular flexibility index (Phi) is 4.84. The molecule has 1 fully saturated rings. The van der Waals surface area contributed by atoms with Crippen LogP contribution in [-0.4, -0.2) is 36.2 Å². The maximum absolute atomic E-state index is 10.6. The highest BCUT2D eigenvalue weighted by molar-refractivity contribution is 5.50. The number of pyridine rings is 1. The maximum atomic E-state index is 10.6. The first kappa shape index (κ1) is 12.9. The van der Waals surface area contributed by atoms with Gasteiger partial charge in [0.25, 0.3) is 5.69 Å². The van der Waals surface area contributed by atoms with Crippen LogP contribution in [0.25, 0.3) is 0 Å². The summed E-state index contributed by atoms with van der Waals surface area (Å²) in [6, 6.07) is 1.54. The van der Waals surface area contributed by atoms with Crippen LogP contribution in [0.2, 0.25) is 0 Å². The zero-order chi connectivity index (χ0) is 12.7. The van der Waals surface area contributed by atoms with Crippen molar-refractivity contribution < 1.29 is 9.66 Å². The number of ether oxygens (including phenoxy) is 1. The lowest BCUT2D eigenvalue weighted by molar-refractivity contribution is -0.385. The molecule has 1 aromatic heterocycles. The van der Waals surface area contributed by atoms with E-state index in [1.165, 1.54) is 6.20 Å². The summed E-state index contributed by atoms with van der Waals surface area (Å²) in [6.07, 6.45) is 2.89. The van der Waals surface area contributed by atoms with Crippen LogP contribution in [0.1, 0.15) is 0 Å². The van der Waals surface area contributed by atoms with Crippen molar-refractivity contribution in [3.63, 3.8) is 0 Å². The van der Waals surface area contributed by atoms with Gasteiger partial charge < -0.3 is 9.64 Å². The molecule has 1 aromatic rings. The van der Waals surface area contributed by atoms with Gasteiger partial charge in [-0.15, -0.1) is 0 Å². The smallest absolute Gasteiger partial charge is 0.289 e. The standard InChI is InChI=1S/C9H11N3O3.CHN/c13-12(14)9-5-8(6-10-7-9)11-1-3-15-4-2-11;1-2/h5-7H,1-4H2;1H. The highest BCUT2D eigenvalue weighted by atomic mass is 16.6. The molecule has 2 heterocycles. The summed E-state index contributed by atoms with van der Waals surface area (Å²) in [5, 5.41) is 17.1. The van der Waals surface area contributed by atoms with Crippen molar-refractivity contribution in [1.29, 1.82) is 5.26 Å². The molecular formula is C10H12N4O3. The number of nitriles is 1. The van der Waals surface area contributed by atoms with Gasteiger partial charge in [-0.1, -0.05) is 0 Å². The number of nitro groups is 1. The monoisotopic (exact) mass is 236 g/mol. The molecule has 0 saturated carbocycles. The van der Waals surface area contributed by atoms with Crippen LogP contribution in [0.5, 0.6) is 0 Å². The van der Waals surface area contributed by atoms with Gasteiger partial charge in [-0.2, -0.15) is 0 Å². The second kappa shape index (κ2) is 6.40. The Morgan fingerprint density at radius 1 is 1.41 bits per heavy atom. The third-order valence-corrected chi connectivity index (χ3v) is 2.30. The van der Waals surface area contributed by atoms with E-state index in [4.69, 9.17) is 10.00 Å². The molecule has 0 spiro atoms. The number of aromatic nitrogens is 1. The number of rotatable bonds is 2. The van der Waals surface area contributed by atoms with Gasteiger partial charge in [0.15, 0.2) is 0 Å². The second-order valence-corrected chi connectivity index (χ2v) is 3.26. The minimum Gasteiger partial charge on any atom is -0.378 e. The number of anilines is 1. The van der Waals surface area contributed by atoms with Crippen LogP contribution in [-0.2, 0) is 4.74 Å². The van der Waals surface area contributed by atoms with E-state index in [0.29, 0.717) is 13.2 Å². The molecule has 1 saturated heterocycles. The average Bonchev–Trinajstić information content (AvgIpc) is 2.42. The topological polar surface area (TPSA) is 92.3 Å². The zero-order valence-electron chi connectivity index (χ0n) is 9.15. The van der Waals surface area contributed by atoms with Crippen LogP contribution in [0.4, 0.5) is 11.4 Å². The molecule has 90 valence electrons. The lowest BCUT2D eigenvalue weighted by Gasteiger charge is -2.28. The summed E-state index contributed by atoms with van der Waals surface area (Å²) in [4.78, 5) is 16.0. The van der Waals surface area contributed by atoms with Crippen LogP contribution in [0.3, 0.4) is 0 Å². The predicted octanol–water partition coefficient (Wildman–Crippen LogP) is 0.966. The fourth-order valence-electron chi connectivity index (χ4n) is 1.51. The van der Waals surface area contributed by atoms with Gasteiger partial charge in [0.05, 0.1) is 30.0 Å². The molecule has 0 N–H and O–H groups in total. The van der Waals surface area contributed by atoms with Gasteiger partial charge in [0.2, 0.25) is 0 Å². The van der Waals surface area contributed by atoms with Crippen molar-refractivity contribution in [2.45, 2.75) is 0 Å². The normalized spacial score (nSPS) is 14.6. The minimum atomic E-state index is -0.434. The van der Waals surface area contributed by atoms with Gasteiger partial charge in [-0.25, -0.2) is 5.26 Å². The Morgan fingerprint density at radius 2 is 2.06 bits per heavy atom. The van der Waals surface area contributed by atoms with Gasteiger partial charge in [-0.05, 0) is 0 Å². The summed E-state index contributed by atoms with van der Waals surface area (Å²) in [5.74, 6) is 0. The third-order valence-electron chi connectivity index (χ3n) is 2.30. The fraction of sp³-hybridized carbons (Fsp3) is 0.400. The average molecular weight is 236 g/mol. The SMILES string of the molecule is C#N.O=[N+]([O-])c1cncc(N2CCOCC2)c1. The molecule has 0 atom stereocenters. The largest absolute Gasteiger partial charge is 0.378 e. The van der Waals surface area contributed by atoms with Crippen LogP contribution < -0.4 is 4.90 Å². The molecule has 0 bridgehead atoms. The van der Waals surface area contributed by atoms with E-state index in [0.717, 1.165) is 18.8 Å². The Labute approximate surface area is 98.4 Å². The predicted molar refractivity (Wildman–Crippen MR) is 60.6 cm³/mol. The second-order valence-electron chi connectivity index (χ2n) is 3.26. The van der Waals surface area contributed by atoms with Crippen LogP contribution >= 0.6 is 0 Å². The molecule has 0 aromatic carbocycles. The Morgan fingerprint density at radius 3 is 2.65 bits per heavy atom. The maximum Gasteiger partial charge on any atom is 0.289 e. The molecule has 1 aliphatic heterocycles. The number of morpholine rings is 1. The van der Waals surface area contributed by atoms with Crippen molar-refractivity contribution in [3.05, 3.63) is 28.6 Å². The van der Waals surface area contributed by atoms with E-state index < -0.39 is 4.92 Å². The molecule has 17 heavy (non-hydrogen) atoms. The quantitative estimate of drug-likeness (QED) is 0.561. The number of hydrogen-bond acceptors (Lipinski definition) is 6. The summed E-state index contributed by atoms with van der Waals surface area (Å²) >= 11 is 0. The lowest BCUT2D eigenvalue weighted by atomic mass is 10.3. The summed E-state index contributed by atoms with van der Waals surface area (Å²) < 4.78 is 5.20. The Balaban J connectivity index is 0.000000686. The fourth-order valence-corrected chi connectivity index (χ4v) is 1.51. The first-order valence-electron chi connectivity index (χ1n) is 4.95. The van der Waals surface area contributed by atoms with Crippen LogP contribution in [0.15, 0.2) is 18.5 Å². The van der Waals surface area contributed by atoms with E-state index in [-0.39, 0.29) is 5.69 Å². The van der Waals surface area contributed by atoms with Crippen molar-refractivity contribution in [3.8, 4) is 6.57 Å². The third kappa shape index (κ3) is 3.39. The van der Waals surface area contributed by atoms with E-state index in [9.17, 15) is 10.1 Å². The zero-order valence-corrected chi connectivity index (χ0v) is 9.15. The molecule has 0 radical (unpaired) electrons. The molecule has 0 unspecified atom stereocenters. The van der Waals surface area contributed by atoms with Crippen LogP contribution in [0, 0.1) is 21.9 Å². The highest BCUT2D eigenvalue weighted by Crippen LogP contribution is 2.19. The molecule has 1 aliphatic rings.